The number of fused-ring (bicyclic) bond motifs is 3. The average molecular weight is 631 g/mol. The Morgan fingerprint density at radius 2 is 1.82 bits per heavy atom. The average Bonchev–Trinajstić information content (AvgIpc) is 2.95. The van der Waals surface area contributed by atoms with Gasteiger partial charge in [0.05, 0.1) is 25.7 Å². The van der Waals surface area contributed by atoms with Crippen LogP contribution in [0.2, 0.25) is 0 Å². The summed E-state index contributed by atoms with van der Waals surface area (Å²) in [6.07, 6.45) is 8.26. The molecule has 3 saturated carbocycles. The van der Waals surface area contributed by atoms with Gasteiger partial charge in [-0.05, 0) is 98.0 Å². The van der Waals surface area contributed by atoms with E-state index in [4.69, 9.17) is 19.9 Å². The molecule has 5 rings (SSSR count). The van der Waals surface area contributed by atoms with E-state index in [9.17, 15) is 14.7 Å². The van der Waals surface area contributed by atoms with E-state index in [2.05, 4.69) is 59.9 Å². The number of ether oxygens (including phenoxy) is 3. The zero-order chi connectivity index (χ0) is 33.0. The lowest BCUT2D eigenvalue weighted by Gasteiger charge is -2.71. The lowest BCUT2D eigenvalue weighted by atomic mass is 9.34. The molecule has 1 aliphatic heterocycles. The Balaban J connectivity index is 1.51. The maximum absolute atomic E-state index is 13.3. The van der Waals surface area contributed by atoms with Gasteiger partial charge in [-0.15, -0.1) is 0 Å². The van der Waals surface area contributed by atoms with Crippen LogP contribution in [0, 0.1) is 56.7 Å². The number of rotatable bonds is 11. The zero-order valence-corrected chi connectivity index (χ0v) is 29.4. The molecule has 2 bridgehead atoms. The number of esters is 1. The van der Waals surface area contributed by atoms with E-state index < -0.39 is 11.9 Å². The first-order chi connectivity index (χ1) is 21.1. The molecule has 1 saturated heterocycles. The first-order valence-electron chi connectivity index (χ1n) is 17.8. The first kappa shape index (κ1) is 34.8. The molecule has 4 aliphatic carbocycles. The van der Waals surface area contributed by atoms with E-state index in [0.29, 0.717) is 50.5 Å². The standard InChI is InChI=1S/C37H62N2O6/c1-23(2)24(3)33(5)14-15-35(7)26-10-11-29-34(6)21-43-22-37(29,27(26)12-13-36(35,8)30(33)32(41)42)20-28(45-25(4)40)31(34)44-19-18-39-17-9-16-38/h12,23-24,26,28-31,39H,9-11,13-22,38H2,1-8H3,(H,41,42)/t24-,26+,28-,29+,30-,31+,33-,34?,35-,36+,37+/m1/s1. The van der Waals surface area contributed by atoms with Crippen molar-refractivity contribution >= 4 is 11.9 Å². The number of allylic oxidation sites excluding steroid dienone is 1. The highest BCUT2D eigenvalue weighted by atomic mass is 16.6. The Morgan fingerprint density at radius 3 is 2.47 bits per heavy atom. The normalized spacial score (nSPS) is 44.7. The van der Waals surface area contributed by atoms with Crippen LogP contribution in [0.1, 0.15) is 100 Å². The fourth-order valence-corrected chi connectivity index (χ4v) is 11.8. The molecule has 1 heterocycles. The molecule has 11 atom stereocenters. The summed E-state index contributed by atoms with van der Waals surface area (Å²) < 4.78 is 19.3. The molecular formula is C37H62N2O6. The van der Waals surface area contributed by atoms with Crippen molar-refractivity contribution in [1.29, 1.82) is 0 Å². The molecule has 0 aromatic heterocycles. The van der Waals surface area contributed by atoms with Gasteiger partial charge in [-0.3, -0.25) is 9.59 Å². The van der Waals surface area contributed by atoms with Crippen molar-refractivity contribution < 1.29 is 28.9 Å². The Kier molecular flexibility index (Phi) is 9.69. The van der Waals surface area contributed by atoms with E-state index in [-0.39, 0.29) is 51.2 Å². The molecule has 0 radical (unpaired) electrons. The Bertz CT molecular complexity index is 1160. The number of aliphatic carboxylic acids is 1. The predicted octanol–water partition coefficient (Wildman–Crippen LogP) is 5.83. The largest absolute Gasteiger partial charge is 0.481 e. The van der Waals surface area contributed by atoms with Crippen molar-refractivity contribution in [2.45, 2.75) is 113 Å². The highest BCUT2D eigenvalue weighted by Gasteiger charge is 2.72. The summed E-state index contributed by atoms with van der Waals surface area (Å²) in [5.41, 5.74) is 5.77. The molecule has 8 nitrogen and oxygen atoms in total. The fourth-order valence-electron chi connectivity index (χ4n) is 11.8. The Labute approximate surface area is 272 Å². The van der Waals surface area contributed by atoms with Gasteiger partial charge in [0.15, 0.2) is 0 Å². The van der Waals surface area contributed by atoms with Gasteiger partial charge in [-0.25, -0.2) is 0 Å². The third-order valence-electron chi connectivity index (χ3n) is 14.5. The summed E-state index contributed by atoms with van der Waals surface area (Å²) in [4.78, 5) is 25.8. The quantitative estimate of drug-likeness (QED) is 0.148. The first-order valence-corrected chi connectivity index (χ1v) is 17.8. The van der Waals surface area contributed by atoms with Gasteiger partial charge in [0.1, 0.15) is 12.2 Å². The second-order valence-electron chi connectivity index (χ2n) is 16.9. The molecule has 45 heavy (non-hydrogen) atoms. The van der Waals surface area contributed by atoms with Crippen LogP contribution in [0.4, 0.5) is 0 Å². The van der Waals surface area contributed by atoms with Crippen LogP contribution in [0.25, 0.3) is 0 Å². The van der Waals surface area contributed by atoms with Gasteiger partial charge in [0.25, 0.3) is 0 Å². The fraction of sp³-hybridized carbons (Fsp3) is 0.892. The van der Waals surface area contributed by atoms with Gasteiger partial charge < -0.3 is 30.4 Å². The van der Waals surface area contributed by atoms with Crippen molar-refractivity contribution in [2.24, 2.45) is 62.4 Å². The number of carbonyl (C=O) groups excluding carboxylic acids is 1. The maximum Gasteiger partial charge on any atom is 0.307 e. The third-order valence-corrected chi connectivity index (χ3v) is 14.5. The summed E-state index contributed by atoms with van der Waals surface area (Å²) in [5.74, 6) is 0.0275. The molecule has 0 spiro atoms. The van der Waals surface area contributed by atoms with Crippen LogP contribution in [0.15, 0.2) is 11.6 Å². The lowest BCUT2D eigenvalue weighted by Crippen LogP contribution is -2.70. The van der Waals surface area contributed by atoms with Crippen molar-refractivity contribution in [3.05, 3.63) is 11.6 Å². The molecule has 1 unspecified atom stereocenters. The van der Waals surface area contributed by atoms with Gasteiger partial charge >= 0.3 is 11.9 Å². The summed E-state index contributed by atoms with van der Waals surface area (Å²) in [7, 11) is 0. The molecule has 8 heteroatoms. The van der Waals surface area contributed by atoms with Crippen LogP contribution < -0.4 is 11.1 Å². The lowest BCUT2D eigenvalue weighted by molar-refractivity contribution is -0.266. The SMILES string of the molecule is CC(=O)O[C@@H]1C[C@@]23COCC(C)([C@H]1OCCNCCCN)[C@@H]2CC[C@H]1C3=CC[C@@]2(C)[C@H](C(=O)O)[C@@](C)([C@H](C)C(C)C)CC[C@]12C. The highest BCUT2D eigenvalue weighted by molar-refractivity contribution is 5.73. The minimum absolute atomic E-state index is 0.149. The minimum atomic E-state index is -0.638. The molecule has 0 aromatic rings. The van der Waals surface area contributed by atoms with E-state index >= 15 is 0 Å². The van der Waals surface area contributed by atoms with Crippen molar-refractivity contribution in [2.75, 3.05) is 39.5 Å². The third kappa shape index (κ3) is 5.32. The number of carboxylic acid groups (broad SMARTS) is 1. The topological polar surface area (TPSA) is 120 Å². The van der Waals surface area contributed by atoms with E-state index in [0.717, 1.165) is 51.6 Å². The summed E-state index contributed by atoms with van der Waals surface area (Å²) in [5, 5.41) is 14.4. The monoisotopic (exact) mass is 630 g/mol. The van der Waals surface area contributed by atoms with Crippen LogP contribution in [0.3, 0.4) is 0 Å². The van der Waals surface area contributed by atoms with Crippen LogP contribution >= 0.6 is 0 Å². The van der Waals surface area contributed by atoms with Crippen LogP contribution in [-0.4, -0.2) is 68.7 Å². The molecule has 256 valence electrons. The smallest absolute Gasteiger partial charge is 0.307 e. The predicted molar refractivity (Wildman–Crippen MR) is 175 cm³/mol. The second kappa shape index (κ2) is 12.5. The second-order valence-corrected chi connectivity index (χ2v) is 16.9. The van der Waals surface area contributed by atoms with Crippen molar-refractivity contribution in [1.82, 2.24) is 5.32 Å². The summed E-state index contributed by atoms with van der Waals surface area (Å²) in [6.45, 7) is 21.5. The van der Waals surface area contributed by atoms with Crippen molar-refractivity contribution in [3.63, 3.8) is 0 Å². The van der Waals surface area contributed by atoms with Crippen LogP contribution in [-0.2, 0) is 23.8 Å². The van der Waals surface area contributed by atoms with E-state index in [1.165, 1.54) is 12.5 Å². The number of nitrogens with two attached hydrogens (primary N) is 1. The summed E-state index contributed by atoms with van der Waals surface area (Å²) in [6, 6.07) is 0. The number of carbonyl (C=O) groups is 2. The molecule has 0 aromatic carbocycles. The molecule has 5 aliphatic rings. The van der Waals surface area contributed by atoms with Gasteiger partial charge in [0, 0.05) is 24.3 Å². The number of hydrogen-bond acceptors (Lipinski definition) is 7. The number of carboxylic acids is 1. The molecule has 0 amide bonds. The highest BCUT2D eigenvalue weighted by Crippen LogP contribution is 2.75. The van der Waals surface area contributed by atoms with Gasteiger partial charge in [0.2, 0.25) is 0 Å². The van der Waals surface area contributed by atoms with E-state index in [1.807, 2.05) is 0 Å². The van der Waals surface area contributed by atoms with Crippen LogP contribution in [0.5, 0.6) is 0 Å². The van der Waals surface area contributed by atoms with E-state index in [1.54, 1.807) is 0 Å². The molecule has 4 fully saturated rings. The zero-order valence-electron chi connectivity index (χ0n) is 29.4. The minimum Gasteiger partial charge on any atom is -0.481 e. The Hall–Kier alpha value is -1.48. The maximum atomic E-state index is 13.3. The van der Waals surface area contributed by atoms with Gasteiger partial charge in [-0.2, -0.15) is 0 Å². The molecule has 4 N–H and O–H groups in total. The van der Waals surface area contributed by atoms with Crippen molar-refractivity contribution in [3.8, 4) is 0 Å². The molecular weight excluding hydrogens is 568 g/mol. The van der Waals surface area contributed by atoms with Gasteiger partial charge in [-0.1, -0.05) is 60.1 Å². The number of nitrogens with one attached hydrogen (secondary N) is 1. The summed E-state index contributed by atoms with van der Waals surface area (Å²) >= 11 is 0. The number of hydrogen-bond donors (Lipinski definition) is 3. The Morgan fingerprint density at radius 1 is 1.09 bits per heavy atom.